The molecule has 3 heterocycles. The standard InChI is InChI=1S/C13H16N2O6S/c1-20-13(19)7-3-2-6(21-7)5-4-22-11-8(14)10(16)15(11)9(5)12(17)18/h6-8,11H,2-4,14H2,1H3,(H,17,18)/t6-,7?,8+,11+/m0/s1. The minimum atomic E-state index is -1.18. The van der Waals surface area contributed by atoms with E-state index in [0.29, 0.717) is 24.2 Å². The number of hydrogen-bond donors (Lipinski definition) is 2. The lowest BCUT2D eigenvalue weighted by atomic mass is 9.99. The molecule has 0 aromatic rings. The molecule has 9 heteroatoms. The van der Waals surface area contributed by atoms with Crippen LogP contribution in [0, 0.1) is 0 Å². The number of carbonyl (C=O) groups is 3. The Balaban J connectivity index is 1.87. The number of carbonyl (C=O) groups excluding carboxylic acids is 2. The highest BCUT2D eigenvalue weighted by atomic mass is 32.2. The summed E-state index contributed by atoms with van der Waals surface area (Å²) >= 11 is 1.42. The summed E-state index contributed by atoms with van der Waals surface area (Å²) < 4.78 is 10.3. The van der Waals surface area contributed by atoms with Crippen LogP contribution in [0.2, 0.25) is 0 Å². The molecule has 2 fully saturated rings. The summed E-state index contributed by atoms with van der Waals surface area (Å²) in [5, 5.41) is 9.13. The number of rotatable bonds is 3. The summed E-state index contributed by atoms with van der Waals surface area (Å²) in [5.74, 6) is -1.62. The van der Waals surface area contributed by atoms with Gasteiger partial charge in [-0.05, 0) is 18.4 Å². The highest BCUT2D eigenvalue weighted by Gasteiger charge is 2.53. The van der Waals surface area contributed by atoms with Crippen LogP contribution < -0.4 is 5.73 Å². The number of carboxylic acid groups (broad SMARTS) is 1. The second kappa shape index (κ2) is 5.56. The van der Waals surface area contributed by atoms with Crippen LogP contribution in [0.5, 0.6) is 0 Å². The first kappa shape index (κ1) is 15.3. The molecule has 120 valence electrons. The molecule has 0 saturated carbocycles. The molecule has 0 aromatic carbocycles. The van der Waals surface area contributed by atoms with Crippen molar-refractivity contribution < 1.29 is 29.0 Å². The predicted molar refractivity (Wildman–Crippen MR) is 75.6 cm³/mol. The maximum atomic E-state index is 11.9. The van der Waals surface area contributed by atoms with Crippen LogP contribution >= 0.6 is 11.8 Å². The van der Waals surface area contributed by atoms with Gasteiger partial charge in [-0.15, -0.1) is 11.8 Å². The number of carboxylic acids is 1. The average Bonchev–Trinajstić information content (AvgIpc) is 3.01. The first-order chi connectivity index (χ1) is 10.5. The Morgan fingerprint density at radius 3 is 2.82 bits per heavy atom. The van der Waals surface area contributed by atoms with Crippen molar-refractivity contribution in [3.63, 3.8) is 0 Å². The van der Waals surface area contributed by atoms with Crippen molar-refractivity contribution in [2.45, 2.75) is 36.5 Å². The average molecular weight is 328 g/mol. The molecule has 0 spiro atoms. The van der Waals surface area contributed by atoms with Crippen LogP contribution in [0.1, 0.15) is 12.8 Å². The molecule has 3 rings (SSSR count). The molecule has 0 aliphatic carbocycles. The van der Waals surface area contributed by atoms with E-state index in [1.165, 1.54) is 23.8 Å². The first-order valence-corrected chi connectivity index (χ1v) is 7.90. The molecular weight excluding hydrogens is 312 g/mol. The molecular formula is C13H16N2O6S. The van der Waals surface area contributed by atoms with Crippen molar-refractivity contribution in [1.82, 2.24) is 4.90 Å². The Morgan fingerprint density at radius 1 is 1.45 bits per heavy atom. The first-order valence-electron chi connectivity index (χ1n) is 6.85. The molecule has 3 aliphatic heterocycles. The fourth-order valence-electron chi connectivity index (χ4n) is 2.98. The molecule has 3 N–H and O–H groups in total. The van der Waals surface area contributed by atoms with Crippen molar-refractivity contribution >= 4 is 29.6 Å². The Morgan fingerprint density at radius 2 is 2.18 bits per heavy atom. The van der Waals surface area contributed by atoms with Gasteiger partial charge >= 0.3 is 11.9 Å². The zero-order valence-corrected chi connectivity index (χ0v) is 12.7. The molecule has 0 radical (unpaired) electrons. The van der Waals surface area contributed by atoms with Crippen molar-refractivity contribution in [3.05, 3.63) is 11.3 Å². The van der Waals surface area contributed by atoms with Gasteiger partial charge in [-0.2, -0.15) is 0 Å². The van der Waals surface area contributed by atoms with Crippen molar-refractivity contribution in [3.8, 4) is 0 Å². The van der Waals surface area contributed by atoms with Crippen LogP contribution in [0.3, 0.4) is 0 Å². The van der Waals surface area contributed by atoms with E-state index >= 15 is 0 Å². The number of ether oxygens (including phenoxy) is 2. The summed E-state index contributed by atoms with van der Waals surface area (Å²) in [5.41, 5.74) is 6.18. The van der Waals surface area contributed by atoms with Gasteiger partial charge in [0.15, 0.2) is 6.10 Å². The summed E-state index contributed by atoms with van der Waals surface area (Å²) in [6.07, 6.45) is -0.191. The van der Waals surface area contributed by atoms with E-state index in [1.54, 1.807) is 0 Å². The minimum Gasteiger partial charge on any atom is -0.477 e. The maximum absolute atomic E-state index is 11.9. The quantitative estimate of drug-likeness (QED) is 0.515. The Bertz CT molecular complexity index is 577. The second-order valence-electron chi connectivity index (χ2n) is 5.33. The monoisotopic (exact) mass is 328 g/mol. The van der Waals surface area contributed by atoms with Gasteiger partial charge in [-0.1, -0.05) is 0 Å². The predicted octanol–water partition coefficient (Wildman–Crippen LogP) is -0.712. The Hall–Kier alpha value is -1.58. The maximum Gasteiger partial charge on any atom is 0.352 e. The number of aliphatic carboxylic acids is 1. The normalized spacial score (nSPS) is 34.3. The Kier molecular flexibility index (Phi) is 3.87. The van der Waals surface area contributed by atoms with Crippen molar-refractivity contribution in [2.24, 2.45) is 5.73 Å². The molecule has 0 bridgehead atoms. The topological polar surface area (TPSA) is 119 Å². The van der Waals surface area contributed by atoms with Crippen molar-refractivity contribution in [2.75, 3.05) is 12.9 Å². The van der Waals surface area contributed by atoms with E-state index in [-0.39, 0.29) is 11.1 Å². The van der Waals surface area contributed by atoms with Crippen LogP contribution in [0.4, 0.5) is 0 Å². The van der Waals surface area contributed by atoms with E-state index in [2.05, 4.69) is 4.74 Å². The van der Waals surface area contributed by atoms with Gasteiger partial charge in [0, 0.05) is 5.75 Å². The minimum absolute atomic E-state index is 0.0500. The van der Waals surface area contributed by atoms with Gasteiger partial charge in [0.1, 0.15) is 17.1 Å². The molecule has 8 nitrogen and oxygen atoms in total. The fourth-order valence-corrected chi connectivity index (χ4v) is 4.34. The number of β-lactam (4-membered cyclic amide) rings is 1. The van der Waals surface area contributed by atoms with Gasteiger partial charge in [-0.3, -0.25) is 9.69 Å². The summed E-state index contributed by atoms with van der Waals surface area (Å²) in [4.78, 5) is 36.2. The number of esters is 1. The number of thioether (sulfide) groups is 1. The van der Waals surface area contributed by atoms with Gasteiger partial charge in [0.05, 0.1) is 13.2 Å². The van der Waals surface area contributed by atoms with Crippen molar-refractivity contribution in [1.29, 1.82) is 0 Å². The van der Waals surface area contributed by atoms with E-state index in [9.17, 15) is 19.5 Å². The molecule has 1 unspecified atom stereocenters. The lowest BCUT2D eigenvalue weighted by Gasteiger charge is -2.48. The second-order valence-corrected chi connectivity index (χ2v) is 6.43. The number of fused-ring (bicyclic) bond motifs is 1. The van der Waals surface area contributed by atoms with Crippen LogP contribution in [-0.4, -0.2) is 64.3 Å². The zero-order valence-electron chi connectivity index (χ0n) is 11.9. The third-order valence-corrected chi connectivity index (χ3v) is 5.44. The van der Waals surface area contributed by atoms with Crippen LogP contribution in [-0.2, 0) is 23.9 Å². The van der Waals surface area contributed by atoms with E-state index in [4.69, 9.17) is 10.5 Å². The summed E-state index contributed by atoms with van der Waals surface area (Å²) in [7, 11) is 1.28. The lowest BCUT2D eigenvalue weighted by Crippen LogP contribution is -2.68. The molecule has 3 aliphatic rings. The number of methoxy groups -OCH3 is 1. The Labute approximate surface area is 130 Å². The van der Waals surface area contributed by atoms with E-state index in [0.717, 1.165) is 0 Å². The highest BCUT2D eigenvalue weighted by molar-refractivity contribution is 8.00. The zero-order chi connectivity index (χ0) is 16.0. The van der Waals surface area contributed by atoms with Crippen LogP contribution in [0.15, 0.2) is 11.3 Å². The lowest BCUT2D eigenvalue weighted by molar-refractivity contribution is -0.152. The van der Waals surface area contributed by atoms with Gasteiger partial charge in [0.2, 0.25) is 5.91 Å². The fraction of sp³-hybridized carbons (Fsp3) is 0.615. The summed E-state index contributed by atoms with van der Waals surface area (Å²) in [6, 6.07) is -0.659. The smallest absolute Gasteiger partial charge is 0.352 e. The van der Waals surface area contributed by atoms with Crippen LogP contribution in [0.25, 0.3) is 0 Å². The molecule has 4 atom stereocenters. The SMILES string of the molecule is COC(=O)C1CC[C@@H](C2=C(C(=O)O)N3C(=O)[C@@H](N)[C@H]3SC2)O1. The third-order valence-electron chi connectivity index (χ3n) is 4.11. The van der Waals surface area contributed by atoms with E-state index < -0.39 is 36.1 Å². The number of hydrogen-bond acceptors (Lipinski definition) is 7. The van der Waals surface area contributed by atoms with Gasteiger partial charge < -0.3 is 20.3 Å². The molecule has 0 aromatic heterocycles. The van der Waals surface area contributed by atoms with Gasteiger partial charge in [0.25, 0.3) is 0 Å². The number of nitrogens with zero attached hydrogens (tertiary/aromatic N) is 1. The summed E-state index contributed by atoms with van der Waals surface area (Å²) in [6.45, 7) is 0. The number of amides is 1. The third kappa shape index (κ3) is 2.20. The molecule has 2 saturated heterocycles. The molecule has 22 heavy (non-hydrogen) atoms. The van der Waals surface area contributed by atoms with E-state index in [1.807, 2.05) is 0 Å². The largest absolute Gasteiger partial charge is 0.477 e. The molecule has 1 amide bonds. The van der Waals surface area contributed by atoms with Gasteiger partial charge in [-0.25, -0.2) is 9.59 Å². The highest BCUT2D eigenvalue weighted by Crippen LogP contribution is 2.42. The number of nitrogens with two attached hydrogens (primary N) is 1.